The third-order valence-electron chi connectivity index (χ3n) is 2.48. The van der Waals surface area contributed by atoms with Gasteiger partial charge in [-0.25, -0.2) is 4.98 Å². The van der Waals surface area contributed by atoms with Crippen molar-refractivity contribution >= 4 is 28.9 Å². The first-order valence-electron chi connectivity index (χ1n) is 5.47. The van der Waals surface area contributed by atoms with Crippen LogP contribution < -0.4 is 15.8 Å². The molecule has 0 fully saturated rings. The lowest BCUT2D eigenvalue weighted by molar-refractivity contribution is 0.102. The number of pyridine rings is 1. The summed E-state index contributed by atoms with van der Waals surface area (Å²) in [5.74, 6) is 0.168. The normalized spacial score (nSPS) is 10.0. The third kappa shape index (κ3) is 2.95. The molecule has 98 valence electrons. The Kier molecular flexibility index (Phi) is 3.87. The smallest absolute Gasteiger partial charge is 0.276 e. The quantitative estimate of drug-likeness (QED) is 0.904. The van der Waals surface area contributed by atoms with E-state index in [9.17, 15) is 4.79 Å². The molecule has 0 spiro atoms. The lowest BCUT2D eigenvalue weighted by atomic mass is 10.2. The molecule has 5 nitrogen and oxygen atoms in total. The van der Waals surface area contributed by atoms with E-state index in [1.54, 1.807) is 30.3 Å². The maximum Gasteiger partial charge on any atom is 0.276 e. The van der Waals surface area contributed by atoms with E-state index in [1.807, 2.05) is 0 Å². The Balaban J connectivity index is 2.26. The predicted octanol–water partition coefficient (Wildman–Crippen LogP) is 2.58. The number of ether oxygens (including phenoxy) is 1. The Hall–Kier alpha value is -2.27. The highest BCUT2D eigenvalue weighted by molar-refractivity contribution is 6.34. The average Bonchev–Trinajstić information content (AvgIpc) is 2.41. The molecule has 0 aliphatic heterocycles. The molecule has 1 amide bonds. The number of nitrogen functional groups attached to an aromatic ring is 1. The standard InChI is InChI=1S/C13H12ClN3O2/c1-19-8-4-5-9(14)11(7-8)17-13(18)12-10(15)3-2-6-16-12/h2-7H,15H2,1H3,(H,17,18). The molecular formula is C13H12ClN3O2. The van der Waals surface area contributed by atoms with Gasteiger partial charge in [0.05, 0.1) is 23.5 Å². The molecule has 3 N–H and O–H groups in total. The molecule has 0 bridgehead atoms. The van der Waals surface area contributed by atoms with Crippen molar-refractivity contribution in [3.05, 3.63) is 47.2 Å². The first-order chi connectivity index (χ1) is 9.11. The number of benzene rings is 1. The molecule has 1 aromatic heterocycles. The SMILES string of the molecule is COc1ccc(Cl)c(NC(=O)c2ncccc2N)c1. The van der Waals surface area contributed by atoms with E-state index in [2.05, 4.69) is 10.3 Å². The Morgan fingerprint density at radius 3 is 2.89 bits per heavy atom. The van der Waals surface area contributed by atoms with Crippen LogP contribution in [0.3, 0.4) is 0 Å². The van der Waals surface area contributed by atoms with E-state index in [0.29, 0.717) is 22.1 Å². The van der Waals surface area contributed by atoms with Gasteiger partial charge in [-0.2, -0.15) is 0 Å². The van der Waals surface area contributed by atoms with Crippen LogP contribution in [0.15, 0.2) is 36.5 Å². The monoisotopic (exact) mass is 277 g/mol. The van der Waals surface area contributed by atoms with Crippen molar-refractivity contribution in [2.24, 2.45) is 0 Å². The van der Waals surface area contributed by atoms with E-state index in [1.165, 1.54) is 13.3 Å². The van der Waals surface area contributed by atoms with Crippen LogP contribution in [0.5, 0.6) is 5.75 Å². The van der Waals surface area contributed by atoms with Crippen LogP contribution in [0.25, 0.3) is 0 Å². The van der Waals surface area contributed by atoms with Gasteiger partial charge in [-0.1, -0.05) is 11.6 Å². The first-order valence-corrected chi connectivity index (χ1v) is 5.85. The minimum atomic E-state index is -0.423. The third-order valence-corrected chi connectivity index (χ3v) is 2.81. The van der Waals surface area contributed by atoms with Crippen LogP contribution in [-0.2, 0) is 0 Å². The van der Waals surface area contributed by atoms with E-state index in [4.69, 9.17) is 22.1 Å². The fraction of sp³-hybridized carbons (Fsp3) is 0.0769. The van der Waals surface area contributed by atoms with Gasteiger partial charge in [0, 0.05) is 12.3 Å². The van der Waals surface area contributed by atoms with Crippen molar-refractivity contribution in [3.63, 3.8) is 0 Å². The van der Waals surface area contributed by atoms with Crippen molar-refractivity contribution in [3.8, 4) is 5.75 Å². The number of methoxy groups -OCH3 is 1. The molecule has 0 aliphatic rings. The van der Waals surface area contributed by atoms with Crippen LogP contribution in [-0.4, -0.2) is 18.0 Å². The van der Waals surface area contributed by atoms with Gasteiger partial charge in [-0.3, -0.25) is 4.79 Å². The zero-order valence-corrected chi connectivity index (χ0v) is 10.9. The second-order valence-electron chi connectivity index (χ2n) is 3.74. The van der Waals surface area contributed by atoms with Crippen molar-refractivity contribution in [1.82, 2.24) is 4.98 Å². The predicted molar refractivity (Wildman–Crippen MR) is 74.6 cm³/mol. The number of hydrogen-bond acceptors (Lipinski definition) is 4. The van der Waals surface area contributed by atoms with Crippen LogP contribution in [0.2, 0.25) is 5.02 Å². The summed E-state index contributed by atoms with van der Waals surface area (Å²) in [4.78, 5) is 16.0. The Labute approximate surface area is 115 Å². The zero-order chi connectivity index (χ0) is 13.8. The van der Waals surface area contributed by atoms with Crippen molar-refractivity contribution in [2.45, 2.75) is 0 Å². The fourth-order valence-electron chi connectivity index (χ4n) is 1.52. The molecule has 0 aliphatic carbocycles. The molecule has 19 heavy (non-hydrogen) atoms. The molecular weight excluding hydrogens is 266 g/mol. The van der Waals surface area contributed by atoms with Gasteiger partial charge < -0.3 is 15.8 Å². The van der Waals surface area contributed by atoms with Crippen molar-refractivity contribution in [2.75, 3.05) is 18.2 Å². The summed E-state index contributed by atoms with van der Waals surface area (Å²) in [6, 6.07) is 8.23. The molecule has 0 unspecified atom stereocenters. The molecule has 0 radical (unpaired) electrons. The molecule has 1 aromatic carbocycles. The molecule has 2 rings (SSSR count). The van der Waals surface area contributed by atoms with E-state index < -0.39 is 5.91 Å². The highest BCUT2D eigenvalue weighted by Gasteiger charge is 2.13. The van der Waals surface area contributed by atoms with Crippen LogP contribution in [0.4, 0.5) is 11.4 Å². The summed E-state index contributed by atoms with van der Waals surface area (Å²) in [7, 11) is 1.53. The van der Waals surface area contributed by atoms with Crippen LogP contribution in [0, 0.1) is 0 Å². The van der Waals surface area contributed by atoms with Crippen molar-refractivity contribution < 1.29 is 9.53 Å². The van der Waals surface area contributed by atoms with Gasteiger partial charge in [0.25, 0.3) is 5.91 Å². The summed E-state index contributed by atoms with van der Waals surface area (Å²) in [6.07, 6.45) is 1.50. The number of anilines is 2. The summed E-state index contributed by atoms with van der Waals surface area (Å²) in [6.45, 7) is 0. The Morgan fingerprint density at radius 1 is 1.42 bits per heavy atom. The minimum Gasteiger partial charge on any atom is -0.497 e. The highest BCUT2D eigenvalue weighted by Crippen LogP contribution is 2.27. The highest BCUT2D eigenvalue weighted by atomic mass is 35.5. The maximum atomic E-state index is 12.0. The Morgan fingerprint density at radius 2 is 2.21 bits per heavy atom. The first kappa shape index (κ1) is 13.2. The molecule has 0 atom stereocenters. The van der Waals surface area contributed by atoms with Crippen LogP contribution >= 0.6 is 11.6 Å². The molecule has 0 saturated carbocycles. The second kappa shape index (κ2) is 5.58. The minimum absolute atomic E-state index is 0.154. The van der Waals surface area contributed by atoms with Gasteiger partial charge in [0.1, 0.15) is 5.75 Å². The number of nitrogens with two attached hydrogens (primary N) is 1. The fourth-order valence-corrected chi connectivity index (χ4v) is 1.68. The topological polar surface area (TPSA) is 77.2 Å². The second-order valence-corrected chi connectivity index (χ2v) is 4.15. The number of nitrogens with one attached hydrogen (secondary N) is 1. The van der Waals surface area contributed by atoms with Gasteiger partial charge in [0.15, 0.2) is 5.69 Å². The van der Waals surface area contributed by atoms with E-state index in [0.717, 1.165) is 0 Å². The lowest BCUT2D eigenvalue weighted by Gasteiger charge is -2.09. The number of amides is 1. The summed E-state index contributed by atoms with van der Waals surface area (Å²) in [5, 5.41) is 3.05. The number of carbonyl (C=O) groups is 1. The van der Waals surface area contributed by atoms with Crippen LogP contribution in [0.1, 0.15) is 10.5 Å². The Bertz CT molecular complexity index is 617. The summed E-state index contributed by atoms with van der Waals surface area (Å²) >= 11 is 6.00. The molecule has 6 heteroatoms. The largest absolute Gasteiger partial charge is 0.497 e. The van der Waals surface area contributed by atoms with Gasteiger partial charge in [-0.15, -0.1) is 0 Å². The molecule has 2 aromatic rings. The number of carbonyl (C=O) groups excluding carboxylic acids is 1. The average molecular weight is 278 g/mol. The van der Waals surface area contributed by atoms with Gasteiger partial charge in [-0.05, 0) is 24.3 Å². The number of halogens is 1. The van der Waals surface area contributed by atoms with E-state index >= 15 is 0 Å². The number of aromatic nitrogens is 1. The summed E-state index contributed by atoms with van der Waals surface area (Å²) < 4.78 is 5.07. The van der Waals surface area contributed by atoms with Gasteiger partial charge in [0.2, 0.25) is 0 Å². The maximum absolute atomic E-state index is 12.0. The van der Waals surface area contributed by atoms with Gasteiger partial charge >= 0.3 is 0 Å². The number of nitrogens with zero attached hydrogens (tertiary/aromatic N) is 1. The van der Waals surface area contributed by atoms with E-state index in [-0.39, 0.29) is 5.69 Å². The molecule has 1 heterocycles. The summed E-state index contributed by atoms with van der Waals surface area (Å²) in [5.41, 5.74) is 6.59. The number of rotatable bonds is 3. The zero-order valence-electron chi connectivity index (χ0n) is 10.2. The lowest BCUT2D eigenvalue weighted by Crippen LogP contribution is -2.16. The molecule has 0 saturated heterocycles. The number of hydrogen-bond donors (Lipinski definition) is 2. The van der Waals surface area contributed by atoms with Crippen molar-refractivity contribution in [1.29, 1.82) is 0 Å².